The van der Waals surface area contributed by atoms with Gasteiger partial charge >= 0.3 is 0 Å². The van der Waals surface area contributed by atoms with E-state index in [9.17, 15) is 9.18 Å². The molecule has 2 aliphatic heterocycles. The molecule has 4 heterocycles. The third-order valence-electron chi connectivity index (χ3n) is 7.39. The van der Waals surface area contributed by atoms with Gasteiger partial charge in [0.15, 0.2) is 5.82 Å². The van der Waals surface area contributed by atoms with Crippen LogP contribution in [-0.2, 0) is 19.0 Å². The van der Waals surface area contributed by atoms with Crippen LogP contribution in [0, 0.1) is 17.2 Å². The normalized spacial score (nSPS) is 25.0. The van der Waals surface area contributed by atoms with Gasteiger partial charge in [0.1, 0.15) is 5.82 Å². The number of aromatic amines is 1. The molecule has 0 spiro atoms. The summed E-state index contributed by atoms with van der Waals surface area (Å²) in [7, 11) is 0. The zero-order valence-electron chi connectivity index (χ0n) is 21.9. The van der Waals surface area contributed by atoms with E-state index in [4.69, 9.17) is 24.2 Å². The molecule has 11 heteroatoms. The van der Waals surface area contributed by atoms with E-state index < -0.39 is 11.7 Å². The molecule has 1 saturated carbocycles. The molecule has 0 radical (unpaired) electrons. The molecular formula is C28H33FN6O4. The van der Waals surface area contributed by atoms with Gasteiger partial charge in [-0.25, -0.2) is 19.3 Å². The molecule has 3 fully saturated rings. The lowest BCUT2D eigenvalue weighted by Gasteiger charge is -2.35. The number of hydrogen-bond donors (Lipinski definition) is 3. The molecule has 0 bridgehead atoms. The topological polar surface area (TPSA) is 123 Å². The van der Waals surface area contributed by atoms with Crippen LogP contribution in [0.3, 0.4) is 0 Å². The molecule has 3 N–H and O–H groups in total. The molecule has 3 aromatic rings. The van der Waals surface area contributed by atoms with Crippen LogP contribution in [0.5, 0.6) is 0 Å². The predicted octanol–water partition coefficient (Wildman–Crippen LogP) is 3.84. The highest BCUT2D eigenvalue weighted by Crippen LogP contribution is 2.36. The van der Waals surface area contributed by atoms with Crippen molar-refractivity contribution in [2.24, 2.45) is 11.3 Å². The summed E-state index contributed by atoms with van der Waals surface area (Å²) in [5.41, 5.74) is 1.74. The first-order chi connectivity index (χ1) is 19.0. The van der Waals surface area contributed by atoms with E-state index in [1.54, 1.807) is 24.4 Å². The van der Waals surface area contributed by atoms with Crippen LogP contribution in [0.4, 0.5) is 10.3 Å². The maximum Gasteiger partial charge on any atom is 0.230 e. The van der Waals surface area contributed by atoms with E-state index in [0.29, 0.717) is 53.4 Å². The maximum absolute atomic E-state index is 13.7. The van der Waals surface area contributed by atoms with E-state index in [1.807, 2.05) is 6.92 Å². The zero-order chi connectivity index (χ0) is 26.8. The van der Waals surface area contributed by atoms with Gasteiger partial charge in [-0.3, -0.25) is 4.79 Å². The third-order valence-corrected chi connectivity index (χ3v) is 7.39. The number of nitrogens with zero attached hydrogens (tertiary/aromatic N) is 3. The average molecular weight is 537 g/mol. The van der Waals surface area contributed by atoms with Crippen molar-refractivity contribution < 1.29 is 23.4 Å². The van der Waals surface area contributed by atoms with Crippen molar-refractivity contribution in [3.8, 4) is 22.6 Å². The second-order valence-corrected chi connectivity index (χ2v) is 10.8. The standard InChI is InChI=1S/C28H33FN6O4/c1-28(26(36)31-13-17-4-5-17)15-38-25(39-16-28)24-34-22(18-6-8-19(29)9-7-18)23(35-24)21-10-11-30-27(33-21)32-14-20-3-2-12-37-20/h6-11,17,20,25H,2-5,12-16H2,1H3,(H,31,36)(H,34,35)(H,30,32,33). The van der Waals surface area contributed by atoms with Crippen molar-refractivity contribution in [1.82, 2.24) is 25.3 Å². The van der Waals surface area contributed by atoms with E-state index >= 15 is 0 Å². The van der Waals surface area contributed by atoms with Crippen molar-refractivity contribution in [2.45, 2.75) is 45.0 Å². The Morgan fingerprint density at radius 1 is 1.08 bits per heavy atom. The Morgan fingerprint density at radius 2 is 1.87 bits per heavy atom. The lowest BCUT2D eigenvalue weighted by molar-refractivity contribution is -0.231. The smallest absolute Gasteiger partial charge is 0.230 e. The van der Waals surface area contributed by atoms with Gasteiger partial charge in [-0.05, 0) is 68.9 Å². The van der Waals surface area contributed by atoms with Crippen molar-refractivity contribution in [1.29, 1.82) is 0 Å². The predicted molar refractivity (Wildman–Crippen MR) is 141 cm³/mol. The Balaban J connectivity index is 1.22. The summed E-state index contributed by atoms with van der Waals surface area (Å²) in [6.07, 6.45) is 5.43. The lowest BCUT2D eigenvalue weighted by Crippen LogP contribution is -2.49. The monoisotopic (exact) mass is 536 g/mol. The van der Waals surface area contributed by atoms with Gasteiger partial charge in [-0.1, -0.05) is 0 Å². The molecule has 2 saturated heterocycles. The van der Waals surface area contributed by atoms with Crippen molar-refractivity contribution in [3.05, 3.63) is 48.2 Å². The minimum Gasteiger partial charge on any atom is -0.376 e. The van der Waals surface area contributed by atoms with Crippen LogP contribution in [-0.4, -0.2) is 64.9 Å². The SMILES string of the molecule is CC1(C(=O)NCC2CC2)COC(c2nc(-c3ccc(F)cc3)c(-c3ccnc(NCC4CCCO4)n3)[nH]2)OC1. The second-order valence-electron chi connectivity index (χ2n) is 10.8. The Bertz CT molecular complexity index is 1300. The van der Waals surface area contributed by atoms with Gasteiger partial charge in [-0.15, -0.1) is 0 Å². The molecule has 1 aliphatic carbocycles. The summed E-state index contributed by atoms with van der Waals surface area (Å²) in [5.74, 6) is 1.11. The number of H-pyrrole nitrogens is 1. The van der Waals surface area contributed by atoms with Gasteiger partial charge in [0, 0.05) is 31.5 Å². The molecule has 1 aromatic carbocycles. The second kappa shape index (κ2) is 11.0. The molecule has 39 heavy (non-hydrogen) atoms. The minimum absolute atomic E-state index is 0.0657. The Morgan fingerprint density at radius 3 is 2.59 bits per heavy atom. The molecular weight excluding hydrogens is 503 g/mol. The summed E-state index contributed by atoms with van der Waals surface area (Å²) in [6.45, 7) is 4.33. The summed E-state index contributed by atoms with van der Waals surface area (Å²) in [6, 6.07) is 7.90. The van der Waals surface area contributed by atoms with Gasteiger partial charge in [0.2, 0.25) is 18.1 Å². The number of aromatic nitrogens is 4. The number of amides is 1. The molecule has 10 nitrogen and oxygen atoms in total. The number of rotatable bonds is 9. The van der Waals surface area contributed by atoms with Gasteiger partial charge in [0.25, 0.3) is 0 Å². The zero-order valence-corrected chi connectivity index (χ0v) is 21.9. The number of carbonyl (C=O) groups excluding carboxylic acids is 1. The van der Waals surface area contributed by atoms with E-state index in [0.717, 1.165) is 19.4 Å². The molecule has 6 rings (SSSR count). The number of ether oxygens (including phenoxy) is 3. The first kappa shape index (κ1) is 25.8. The van der Waals surface area contributed by atoms with Crippen LogP contribution in [0.2, 0.25) is 0 Å². The highest BCUT2D eigenvalue weighted by Gasteiger charge is 2.41. The molecule has 1 unspecified atom stereocenters. The number of benzene rings is 1. The summed E-state index contributed by atoms with van der Waals surface area (Å²) >= 11 is 0. The third kappa shape index (κ3) is 5.95. The highest BCUT2D eigenvalue weighted by molar-refractivity contribution is 5.82. The average Bonchev–Trinajstić information content (AvgIpc) is 3.43. The first-order valence-electron chi connectivity index (χ1n) is 13.5. The van der Waals surface area contributed by atoms with Crippen molar-refractivity contribution in [3.63, 3.8) is 0 Å². The Kier molecular flexibility index (Phi) is 7.28. The van der Waals surface area contributed by atoms with Crippen molar-refractivity contribution in [2.75, 3.05) is 38.2 Å². The van der Waals surface area contributed by atoms with Gasteiger partial charge < -0.3 is 29.8 Å². The number of halogens is 1. The van der Waals surface area contributed by atoms with Gasteiger partial charge in [-0.2, -0.15) is 0 Å². The summed E-state index contributed by atoms with van der Waals surface area (Å²) < 4.78 is 31.4. The van der Waals surface area contributed by atoms with E-state index in [2.05, 4.69) is 20.6 Å². The number of nitrogens with one attached hydrogen (secondary N) is 3. The van der Waals surface area contributed by atoms with Crippen LogP contribution < -0.4 is 10.6 Å². The molecule has 1 atom stereocenters. The summed E-state index contributed by atoms with van der Waals surface area (Å²) in [5, 5.41) is 6.28. The van der Waals surface area contributed by atoms with Crippen molar-refractivity contribution >= 4 is 11.9 Å². The molecule has 3 aliphatic rings. The molecule has 206 valence electrons. The van der Waals surface area contributed by atoms with Crippen LogP contribution in [0.1, 0.15) is 44.7 Å². The van der Waals surface area contributed by atoms with Crippen LogP contribution >= 0.6 is 0 Å². The molecule has 1 amide bonds. The van der Waals surface area contributed by atoms with E-state index in [-0.39, 0.29) is 31.0 Å². The first-order valence-corrected chi connectivity index (χ1v) is 13.5. The number of imidazole rings is 1. The number of hydrogen-bond acceptors (Lipinski definition) is 8. The lowest BCUT2D eigenvalue weighted by atomic mass is 9.91. The molecule has 2 aromatic heterocycles. The van der Waals surface area contributed by atoms with Crippen LogP contribution in [0.25, 0.3) is 22.6 Å². The Hall–Kier alpha value is -3.41. The number of carbonyl (C=O) groups is 1. The Labute approximate surface area is 226 Å². The number of anilines is 1. The van der Waals surface area contributed by atoms with Crippen LogP contribution in [0.15, 0.2) is 36.5 Å². The summed E-state index contributed by atoms with van der Waals surface area (Å²) in [4.78, 5) is 29.9. The largest absolute Gasteiger partial charge is 0.376 e. The minimum atomic E-state index is -0.791. The fourth-order valence-corrected chi connectivity index (χ4v) is 4.77. The van der Waals surface area contributed by atoms with E-state index in [1.165, 1.54) is 25.0 Å². The fourth-order valence-electron chi connectivity index (χ4n) is 4.77. The fraction of sp³-hybridized carbons (Fsp3) is 0.500. The maximum atomic E-state index is 13.7. The highest BCUT2D eigenvalue weighted by atomic mass is 19.1. The quantitative estimate of drug-likeness (QED) is 0.377. The van der Waals surface area contributed by atoms with Gasteiger partial charge in [0.05, 0.1) is 41.8 Å².